The van der Waals surface area contributed by atoms with Crippen molar-refractivity contribution in [2.75, 3.05) is 20.2 Å². The lowest BCUT2D eigenvalue weighted by molar-refractivity contribution is -0.152. The summed E-state index contributed by atoms with van der Waals surface area (Å²) in [5, 5.41) is 3.40. The number of benzene rings is 2. The van der Waals surface area contributed by atoms with Crippen LogP contribution in [-0.4, -0.2) is 53.3 Å². The van der Waals surface area contributed by atoms with Gasteiger partial charge in [-0.05, 0) is 43.0 Å². The maximum atomic E-state index is 14.0. The average Bonchev–Trinajstić information content (AvgIpc) is 3.27. The molecule has 0 radical (unpaired) electrons. The number of esters is 1. The van der Waals surface area contributed by atoms with Gasteiger partial charge >= 0.3 is 5.97 Å². The number of thiophene rings is 1. The Balaban J connectivity index is 1.59. The Kier molecular flexibility index (Phi) is 7.77. The van der Waals surface area contributed by atoms with Gasteiger partial charge in [0.05, 0.1) is 12.7 Å². The number of hydrogen-bond acceptors (Lipinski definition) is 5. The first-order chi connectivity index (χ1) is 16.9. The van der Waals surface area contributed by atoms with Gasteiger partial charge in [-0.25, -0.2) is 0 Å². The number of nitrogens with zero attached hydrogens (tertiary/aromatic N) is 2. The maximum Gasteiger partial charge on any atom is 0.305 e. The van der Waals surface area contributed by atoms with Crippen molar-refractivity contribution in [3.8, 4) is 0 Å². The molecule has 1 atom stereocenters. The van der Waals surface area contributed by atoms with Crippen molar-refractivity contribution in [1.29, 1.82) is 0 Å². The molecule has 1 unspecified atom stereocenters. The van der Waals surface area contributed by atoms with E-state index in [9.17, 15) is 14.4 Å². The highest BCUT2D eigenvalue weighted by Gasteiger charge is 2.53. The number of likely N-dealkylation sites (tertiary alicyclic amines) is 1. The molecule has 1 fully saturated rings. The van der Waals surface area contributed by atoms with Gasteiger partial charge in [0.1, 0.15) is 5.54 Å². The zero-order valence-corrected chi connectivity index (χ0v) is 21.5. The van der Waals surface area contributed by atoms with E-state index < -0.39 is 5.54 Å². The highest BCUT2D eigenvalue weighted by atomic mass is 35.5. The Morgan fingerprint density at radius 1 is 1.17 bits per heavy atom. The summed E-state index contributed by atoms with van der Waals surface area (Å²) in [6.07, 6.45) is 1.82. The molecule has 8 heteroatoms. The Morgan fingerprint density at radius 3 is 2.66 bits per heavy atom. The van der Waals surface area contributed by atoms with E-state index >= 15 is 0 Å². The Morgan fingerprint density at radius 2 is 1.97 bits per heavy atom. The fourth-order valence-electron chi connectivity index (χ4n) is 4.74. The second-order valence-electron chi connectivity index (χ2n) is 8.77. The van der Waals surface area contributed by atoms with Crippen molar-refractivity contribution < 1.29 is 19.1 Å². The minimum Gasteiger partial charge on any atom is -0.469 e. The zero-order valence-electron chi connectivity index (χ0n) is 20.0. The molecule has 2 aromatic carbocycles. The molecule has 1 aliphatic heterocycles. The number of carbonyl (C=O) groups is 3. The molecule has 6 nitrogen and oxygen atoms in total. The third kappa shape index (κ3) is 5.07. The molecule has 4 rings (SSSR count). The van der Waals surface area contributed by atoms with Gasteiger partial charge in [-0.2, -0.15) is 0 Å². The third-order valence-corrected chi connectivity index (χ3v) is 7.99. The van der Waals surface area contributed by atoms with Crippen LogP contribution in [0.15, 0.2) is 53.9 Å². The molecule has 1 saturated heterocycles. The van der Waals surface area contributed by atoms with Gasteiger partial charge in [0, 0.05) is 46.5 Å². The molecule has 2 heterocycles. The summed E-state index contributed by atoms with van der Waals surface area (Å²) in [7, 11) is 1.36. The molecule has 35 heavy (non-hydrogen) atoms. The van der Waals surface area contributed by atoms with E-state index in [-0.39, 0.29) is 24.2 Å². The van der Waals surface area contributed by atoms with Crippen LogP contribution in [0.1, 0.15) is 48.5 Å². The van der Waals surface area contributed by atoms with E-state index in [2.05, 4.69) is 0 Å². The monoisotopic (exact) mass is 512 g/mol. The van der Waals surface area contributed by atoms with Gasteiger partial charge in [0.2, 0.25) is 5.91 Å². The van der Waals surface area contributed by atoms with Crippen molar-refractivity contribution in [3.05, 3.63) is 70.1 Å². The van der Waals surface area contributed by atoms with Crippen LogP contribution in [0, 0.1) is 0 Å². The standard InChI is InChI=1S/C27H29ClN2O4S/c1-3-27(13-15-30(27)25(32)22-18-35-23-11-5-4-10-21(22)23)26(33)29(14-7-12-24(31)34-2)17-19-8-6-9-20(28)16-19/h4-6,8-11,16,18H,3,7,12-15,17H2,1-2H3. The number of ether oxygens (including phenoxy) is 1. The number of rotatable bonds is 9. The number of carbonyl (C=O) groups excluding carboxylic acids is 3. The maximum absolute atomic E-state index is 14.0. The normalized spacial score (nSPS) is 17.2. The van der Waals surface area contributed by atoms with Crippen LogP contribution in [0.2, 0.25) is 5.02 Å². The first-order valence-electron chi connectivity index (χ1n) is 11.8. The number of methoxy groups -OCH3 is 1. The van der Waals surface area contributed by atoms with Crippen LogP contribution < -0.4 is 0 Å². The van der Waals surface area contributed by atoms with Gasteiger partial charge < -0.3 is 14.5 Å². The van der Waals surface area contributed by atoms with Gasteiger partial charge in [-0.3, -0.25) is 14.4 Å². The smallest absolute Gasteiger partial charge is 0.305 e. The minimum absolute atomic E-state index is 0.0935. The quantitative estimate of drug-likeness (QED) is 0.353. The van der Waals surface area contributed by atoms with Crippen LogP contribution in [0.5, 0.6) is 0 Å². The largest absolute Gasteiger partial charge is 0.469 e. The molecule has 0 spiro atoms. The molecule has 0 aliphatic carbocycles. The molecule has 1 aliphatic rings. The predicted molar refractivity (Wildman–Crippen MR) is 139 cm³/mol. The summed E-state index contributed by atoms with van der Waals surface area (Å²) < 4.78 is 5.81. The molecule has 2 amide bonds. The summed E-state index contributed by atoms with van der Waals surface area (Å²) in [5.41, 5.74) is 0.642. The number of amides is 2. The van der Waals surface area contributed by atoms with E-state index in [0.29, 0.717) is 49.5 Å². The molecule has 1 aromatic heterocycles. The lowest BCUT2D eigenvalue weighted by Crippen LogP contribution is -2.69. The summed E-state index contributed by atoms with van der Waals surface area (Å²) in [5.74, 6) is -0.514. The van der Waals surface area contributed by atoms with E-state index in [0.717, 1.165) is 15.6 Å². The predicted octanol–water partition coefficient (Wildman–Crippen LogP) is 5.53. The van der Waals surface area contributed by atoms with E-state index in [1.54, 1.807) is 15.9 Å². The lowest BCUT2D eigenvalue weighted by atomic mass is 9.79. The molecule has 0 N–H and O–H groups in total. The zero-order chi connectivity index (χ0) is 25.0. The second-order valence-corrected chi connectivity index (χ2v) is 10.1. The third-order valence-electron chi connectivity index (χ3n) is 6.79. The van der Waals surface area contributed by atoms with Crippen molar-refractivity contribution in [2.24, 2.45) is 0 Å². The first kappa shape index (κ1) is 25.2. The van der Waals surface area contributed by atoms with E-state index in [1.165, 1.54) is 18.4 Å². The number of halogens is 1. The summed E-state index contributed by atoms with van der Waals surface area (Å²) in [6.45, 7) is 3.22. The minimum atomic E-state index is -0.899. The number of fused-ring (bicyclic) bond motifs is 1. The van der Waals surface area contributed by atoms with Crippen molar-refractivity contribution in [3.63, 3.8) is 0 Å². The lowest BCUT2D eigenvalue weighted by Gasteiger charge is -2.52. The summed E-state index contributed by atoms with van der Waals surface area (Å²) in [6, 6.07) is 15.2. The fraction of sp³-hybridized carbons (Fsp3) is 0.370. The van der Waals surface area contributed by atoms with E-state index in [1.807, 2.05) is 54.8 Å². The van der Waals surface area contributed by atoms with Crippen LogP contribution in [0.3, 0.4) is 0 Å². The van der Waals surface area contributed by atoms with Crippen LogP contribution in [0.4, 0.5) is 0 Å². The van der Waals surface area contributed by atoms with Crippen LogP contribution >= 0.6 is 22.9 Å². The Labute approximate surface area is 214 Å². The average molecular weight is 513 g/mol. The van der Waals surface area contributed by atoms with Crippen LogP contribution in [0.25, 0.3) is 10.1 Å². The Hall–Kier alpha value is -2.90. The SMILES string of the molecule is CCC1(C(=O)N(CCCC(=O)OC)Cc2cccc(Cl)c2)CCN1C(=O)c1csc2ccccc12. The topological polar surface area (TPSA) is 66.9 Å². The van der Waals surface area contributed by atoms with Gasteiger partial charge in [-0.1, -0.05) is 48.9 Å². The van der Waals surface area contributed by atoms with Gasteiger partial charge in [-0.15, -0.1) is 11.3 Å². The number of hydrogen-bond donors (Lipinski definition) is 0. The van der Waals surface area contributed by atoms with Crippen molar-refractivity contribution in [1.82, 2.24) is 9.80 Å². The summed E-state index contributed by atoms with van der Waals surface area (Å²) >= 11 is 7.72. The van der Waals surface area contributed by atoms with E-state index in [4.69, 9.17) is 16.3 Å². The highest BCUT2D eigenvalue weighted by molar-refractivity contribution is 7.17. The highest BCUT2D eigenvalue weighted by Crippen LogP contribution is 2.39. The van der Waals surface area contributed by atoms with Gasteiger partial charge in [0.25, 0.3) is 5.91 Å². The second kappa shape index (κ2) is 10.8. The molecular formula is C27H29ClN2O4S. The molecule has 0 bridgehead atoms. The molecular weight excluding hydrogens is 484 g/mol. The Bertz CT molecular complexity index is 1240. The molecule has 184 valence electrons. The molecule has 0 saturated carbocycles. The van der Waals surface area contributed by atoms with Crippen molar-refractivity contribution >= 4 is 50.8 Å². The fourth-order valence-corrected chi connectivity index (χ4v) is 5.89. The summed E-state index contributed by atoms with van der Waals surface area (Å²) in [4.78, 5) is 42.8. The van der Waals surface area contributed by atoms with Crippen molar-refractivity contribution in [2.45, 2.75) is 44.7 Å². The van der Waals surface area contributed by atoms with Gasteiger partial charge in [0.15, 0.2) is 0 Å². The molecule has 3 aromatic rings. The van der Waals surface area contributed by atoms with Crippen LogP contribution in [-0.2, 0) is 20.9 Å². The first-order valence-corrected chi connectivity index (χ1v) is 13.0.